The third-order valence-corrected chi connectivity index (χ3v) is 5.14. The van der Waals surface area contributed by atoms with Gasteiger partial charge in [0, 0.05) is 37.6 Å². The predicted molar refractivity (Wildman–Crippen MR) is 102 cm³/mol. The standard InChI is InChI=1S/C21H23N3O4/c25-20(9-15-3-1-7-22-11-15)24-8-2-4-16(13-24)12-23-21(26)17-5-6-18-19(10-17)28-14-27-18/h1,3,5-7,10-11,16H,2,4,8-9,12-14H2,(H,23,26)/t16-/m0/s1. The predicted octanol–water partition coefficient (Wildman–Crippen LogP) is 2.02. The lowest BCUT2D eigenvalue weighted by Crippen LogP contribution is -2.44. The molecule has 1 fully saturated rings. The molecular weight excluding hydrogens is 358 g/mol. The van der Waals surface area contributed by atoms with Gasteiger partial charge in [-0.1, -0.05) is 6.07 Å². The van der Waals surface area contributed by atoms with Crippen LogP contribution in [0, 0.1) is 5.92 Å². The van der Waals surface area contributed by atoms with Crippen LogP contribution in [0.15, 0.2) is 42.7 Å². The lowest BCUT2D eigenvalue weighted by atomic mass is 9.97. The van der Waals surface area contributed by atoms with Crippen molar-refractivity contribution in [3.63, 3.8) is 0 Å². The van der Waals surface area contributed by atoms with E-state index in [-0.39, 0.29) is 24.5 Å². The second kappa shape index (κ2) is 8.29. The van der Waals surface area contributed by atoms with E-state index in [2.05, 4.69) is 10.3 Å². The molecule has 146 valence electrons. The number of nitrogens with zero attached hydrogens (tertiary/aromatic N) is 2. The molecule has 28 heavy (non-hydrogen) atoms. The van der Waals surface area contributed by atoms with Crippen LogP contribution >= 0.6 is 0 Å². The van der Waals surface area contributed by atoms with Crippen LogP contribution in [0.5, 0.6) is 11.5 Å². The Morgan fingerprint density at radius 3 is 2.96 bits per heavy atom. The van der Waals surface area contributed by atoms with Gasteiger partial charge in [0.1, 0.15) is 0 Å². The monoisotopic (exact) mass is 381 g/mol. The van der Waals surface area contributed by atoms with Gasteiger partial charge in [0.25, 0.3) is 5.91 Å². The summed E-state index contributed by atoms with van der Waals surface area (Å²) in [5, 5.41) is 2.99. The molecule has 3 heterocycles. The molecule has 1 aromatic heterocycles. The second-order valence-corrected chi connectivity index (χ2v) is 7.16. The van der Waals surface area contributed by atoms with Crippen LogP contribution in [0.4, 0.5) is 0 Å². The molecule has 0 aliphatic carbocycles. The molecule has 7 nitrogen and oxygen atoms in total. The van der Waals surface area contributed by atoms with E-state index >= 15 is 0 Å². The number of likely N-dealkylation sites (tertiary alicyclic amines) is 1. The number of hydrogen-bond donors (Lipinski definition) is 1. The maximum atomic E-state index is 12.6. The average Bonchev–Trinajstić information content (AvgIpc) is 3.21. The van der Waals surface area contributed by atoms with Crippen molar-refractivity contribution in [2.45, 2.75) is 19.3 Å². The van der Waals surface area contributed by atoms with E-state index in [1.165, 1.54) is 0 Å². The number of amides is 2. The Bertz CT molecular complexity index is 856. The molecule has 0 spiro atoms. The van der Waals surface area contributed by atoms with Crippen LogP contribution in [0.1, 0.15) is 28.8 Å². The molecule has 2 aliphatic rings. The fourth-order valence-corrected chi connectivity index (χ4v) is 3.62. The van der Waals surface area contributed by atoms with E-state index in [4.69, 9.17) is 9.47 Å². The van der Waals surface area contributed by atoms with Gasteiger partial charge in [-0.2, -0.15) is 0 Å². The number of nitrogens with one attached hydrogen (secondary N) is 1. The van der Waals surface area contributed by atoms with Gasteiger partial charge >= 0.3 is 0 Å². The van der Waals surface area contributed by atoms with Gasteiger partial charge in [-0.3, -0.25) is 14.6 Å². The Morgan fingerprint density at radius 1 is 1.21 bits per heavy atom. The lowest BCUT2D eigenvalue weighted by Gasteiger charge is -2.33. The first-order valence-electron chi connectivity index (χ1n) is 9.53. The summed E-state index contributed by atoms with van der Waals surface area (Å²) < 4.78 is 10.6. The van der Waals surface area contributed by atoms with Crippen LogP contribution in [0.25, 0.3) is 0 Å². The quantitative estimate of drug-likeness (QED) is 0.857. The molecule has 0 radical (unpaired) electrons. The van der Waals surface area contributed by atoms with Crippen LogP contribution in [-0.2, 0) is 11.2 Å². The maximum Gasteiger partial charge on any atom is 0.251 e. The number of fused-ring (bicyclic) bond motifs is 1. The maximum absolute atomic E-state index is 12.6. The van der Waals surface area contributed by atoms with Gasteiger partial charge in [0.2, 0.25) is 12.7 Å². The van der Waals surface area contributed by atoms with Crippen molar-refractivity contribution in [2.24, 2.45) is 5.92 Å². The van der Waals surface area contributed by atoms with Crippen molar-refractivity contribution < 1.29 is 19.1 Å². The normalized spacial score (nSPS) is 18.0. The van der Waals surface area contributed by atoms with Crippen LogP contribution < -0.4 is 14.8 Å². The van der Waals surface area contributed by atoms with Gasteiger partial charge in [0.15, 0.2) is 11.5 Å². The molecule has 7 heteroatoms. The van der Waals surface area contributed by atoms with Gasteiger partial charge in [-0.15, -0.1) is 0 Å². The third-order valence-electron chi connectivity index (χ3n) is 5.14. The number of piperidine rings is 1. The van der Waals surface area contributed by atoms with Crippen molar-refractivity contribution in [3.05, 3.63) is 53.9 Å². The summed E-state index contributed by atoms with van der Waals surface area (Å²) in [5.74, 6) is 1.48. The summed E-state index contributed by atoms with van der Waals surface area (Å²) in [5.41, 5.74) is 1.47. The number of benzene rings is 1. The summed E-state index contributed by atoms with van der Waals surface area (Å²) in [6, 6.07) is 8.93. The smallest absolute Gasteiger partial charge is 0.251 e. The third kappa shape index (κ3) is 4.24. The highest BCUT2D eigenvalue weighted by atomic mass is 16.7. The summed E-state index contributed by atoms with van der Waals surface area (Å²) in [6.07, 6.45) is 5.74. The number of aromatic nitrogens is 1. The molecule has 0 saturated carbocycles. The largest absolute Gasteiger partial charge is 0.454 e. The van der Waals surface area contributed by atoms with E-state index in [9.17, 15) is 9.59 Å². The Kier molecular flexibility index (Phi) is 5.41. The zero-order valence-electron chi connectivity index (χ0n) is 15.6. The van der Waals surface area contributed by atoms with Crippen molar-refractivity contribution in [3.8, 4) is 11.5 Å². The van der Waals surface area contributed by atoms with Gasteiger partial charge in [-0.05, 0) is 48.6 Å². The molecule has 1 aromatic carbocycles. The molecule has 2 aromatic rings. The topological polar surface area (TPSA) is 80.8 Å². The second-order valence-electron chi connectivity index (χ2n) is 7.16. The van der Waals surface area contributed by atoms with Gasteiger partial charge in [-0.25, -0.2) is 0 Å². The van der Waals surface area contributed by atoms with E-state index in [0.717, 1.165) is 24.9 Å². The number of carbonyl (C=O) groups is 2. The molecule has 4 rings (SSSR count). The van der Waals surface area contributed by atoms with Crippen molar-refractivity contribution in [1.29, 1.82) is 0 Å². The highest BCUT2D eigenvalue weighted by Crippen LogP contribution is 2.32. The summed E-state index contributed by atoms with van der Waals surface area (Å²) in [4.78, 5) is 31.0. The number of pyridine rings is 1. The molecule has 2 aliphatic heterocycles. The fourth-order valence-electron chi connectivity index (χ4n) is 3.62. The molecule has 0 unspecified atom stereocenters. The zero-order valence-corrected chi connectivity index (χ0v) is 15.6. The molecule has 1 N–H and O–H groups in total. The Balaban J connectivity index is 1.29. The molecule has 1 saturated heterocycles. The number of hydrogen-bond acceptors (Lipinski definition) is 5. The van der Waals surface area contributed by atoms with E-state index in [1.807, 2.05) is 17.0 Å². The van der Waals surface area contributed by atoms with Gasteiger partial charge < -0.3 is 19.7 Å². The summed E-state index contributed by atoms with van der Waals surface area (Å²) in [7, 11) is 0. The zero-order chi connectivity index (χ0) is 19.3. The van der Waals surface area contributed by atoms with E-state index in [1.54, 1.807) is 30.6 Å². The molecule has 1 atom stereocenters. The molecular formula is C21H23N3O4. The average molecular weight is 381 g/mol. The number of ether oxygens (including phenoxy) is 2. The first-order chi connectivity index (χ1) is 13.7. The summed E-state index contributed by atoms with van der Waals surface area (Å²) >= 11 is 0. The Labute approximate surface area is 163 Å². The van der Waals surface area contributed by atoms with E-state index in [0.29, 0.717) is 36.6 Å². The molecule has 0 bridgehead atoms. The van der Waals surface area contributed by atoms with Crippen molar-refractivity contribution in [1.82, 2.24) is 15.2 Å². The first kappa shape index (κ1) is 18.3. The fraction of sp³-hybridized carbons (Fsp3) is 0.381. The number of rotatable bonds is 5. The minimum atomic E-state index is -0.142. The lowest BCUT2D eigenvalue weighted by molar-refractivity contribution is -0.132. The Morgan fingerprint density at radius 2 is 2.11 bits per heavy atom. The minimum Gasteiger partial charge on any atom is -0.454 e. The van der Waals surface area contributed by atoms with E-state index < -0.39 is 0 Å². The molecule has 2 amide bonds. The highest BCUT2D eigenvalue weighted by Gasteiger charge is 2.24. The first-order valence-corrected chi connectivity index (χ1v) is 9.53. The van der Waals surface area contributed by atoms with Crippen LogP contribution in [-0.4, -0.2) is 48.1 Å². The van der Waals surface area contributed by atoms with Crippen LogP contribution in [0.3, 0.4) is 0 Å². The summed E-state index contributed by atoms with van der Waals surface area (Å²) in [6.45, 7) is 2.17. The van der Waals surface area contributed by atoms with Crippen LogP contribution in [0.2, 0.25) is 0 Å². The Hall–Kier alpha value is -3.09. The van der Waals surface area contributed by atoms with Gasteiger partial charge in [0.05, 0.1) is 6.42 Å². The van der Waals surface area contributed by atoms with Crippen molar-refractivity contribution >= 4 is 11.8 Å². The minimum absolute atomic E-state index is 0.111. The highest BCUT2D eigenvalue weighted by molar-refractivity contribution is 5.94. The SMILES string of the molecule is O=C(NC[C@@H]1CCCN(C(=O)Cc2cccnc2)C1)c1ccc2c(c1)OCO2. The van der Waals surface area contributed by atoms with Crippen molar-refractivity contribution in [2.75, 3.05) is 26.4 Å². The number of carbonyl (C=O) groups excluding carboxylic acids is 2.